The van der Waals surface area contributed by atoms with Crippen LogP contribution in [0.1, 0.15) is 45.3 Å². The van der Waals surface area contributed by atoms with Crippen LogP contribution >= 0.6 is 0 Å². The van der Waals surface area contributed by atoms with Gasteiger partial charge >= 0.3 is 0 Å². The highest BCUT2D eigenvalue weighted by Crippen LogP contribution is 2.33. The molecule has 1 aromatic rings. The zero-order chi connectivity index (χ0) is 16.2. The molecular formula is C18H28N2O2. The molecule has 1 aromatic carbocycles. The van der Waals surface area contributed by atoms with Crippen molar-refractivity contribution in [2.45, 2.75) is 45.8 Å². The zero-order valence-electron chi connectivity index (χ0n) is 13.8. The van der Waals surface area contributed by atoms with Crippen molar-refractivity contribution in [3.8, 4) is 0 Å². The molecule has 4 nitrogen and oxygen atoms in total. The average molecular weight is 304 g/mol. The maximum atomic E-state index is 12.2. The lowest BCUT2D eigenvalue weighted by Gasteiger charge is -2.33. The molecule has 122 valence electrons. The van der Waals surface area contributed by atoms with Gasteiger partial charge in [0.1, 0.15) is 0 Å². The van der Waals surface area contributed by atoms with Crippen molar-refractivity contribution in [2.75, 3.05) is 13.2 Å². The standard InChI is InChI=1S/C18H28N2O2/c1-18(2,3)16(19)17(21)20-12-14-10-7-11-22-15(14)13-8-5-4-6-9-13/h4-6,8-9,14-16H,7,10-12,19H2,1-3H3,(H,20,21)/t14?,15?,16-/m1/s1. The lowest BCUT2D eigenvalue weighted by Crippen LogP contribution is -2.50. The van der Waals surface area contributed by atoms with Gasteiger partial charge < -0.3 is 15.8 Å². The van der Waals surface area contributed by atoms with Crippen LogP contribution in [0.15, 0.2) is 30.3 Å². The van der Waals surface area contributed by atoms with Gasteiger partial charge in [-0.2, -0.15) is 0 Å². The number of carbonyl (C=O) groups is 1. The van der Waals surface area contributed by atoms with Gasteiger partial charge in [0.05, 0.1) is 12.1 Å². The van der Waals surface area contributed by atoms with E-state index in [4.69, 9.17) is 10.5 Å². The van der Waals surface area contributed by atoms with E-state index in [1.54, 1.807) is 0 Å². The second-order valence-electron chi connectivity index (χ2n) is 7.19. The quantitative estimate of drug-likeness (QED) is 0.899. The normalized spacial score (nSPS) is 23.8. The third-order valence-electron chi connectivity index (χ3n) is 4.33. The number of carbonyl (C=O) groups excluding carboxylic acids is 1. The van der Waals surface area contributed by atoms with E-state index in [1.165, 1.54) is 5.56 Å². The van der Waals surface area contributed by atoms with Gasteiger partial charge in [-0.3, -0.25) is 4.79 Å². The molecule has 1 aliphatic heterocycles. The van der Waals surface area contributed by atoms with Crippen LogP contribution in [0.25, 0.3) is 0 Å². The fourth-order valence-corrected chi connectivity index (χ4v) is 2.80. The van der Waals surface area contributed by atoms with Crippen molar-refractivity contribution in [3.63, 3.8) is 0 Å². The first-order chi connectivity index (χ1) is 10.4. The van der Waals surface area contributed by atoms with Gasteiger partial charge in [0.15, 0.2) is 0 Å². The molecule has 1 fully saturated rings. The predicted molar refractivity (Wildman–Crippen MR) is 88.3 cm³/mol. The first kappa shape index (κ1) is 17.0. The van der Waals surface area contributed by atoms with Crippen LogP contribution in [-0.4, -0.2) is 25.1 Å². The topological polar surface area (TPSA) is 64.4 Å². The van der Waals surface area contributed by atoms with E-state index in [-0.39, 0.29) is 17.4 Å². The summed E-state index contributed by atoms with van der Waals surface area (Å²) in [7, 11) is 0. The summed E-state index contributed by atoms with van der Waals surface area (Å²) < 4.78 is 5.95. The second kappa shape index (κ2) is 7.25. The highest BCUT2D eigenvalue weighted by atomic mass is 16.5. The first-order valence-corrected chi connectivity index (χ1v) is 8.09. The van der Waals surface area contributed by atoms with Crippen LogP contribution in [0.4, 0.5) is 0 Å². The van der Waals surface area contributed by atoms with Crippen LogP contribution in [0.5, 0.6) is 0 Å². The minimum atomic E-state index is -0.493. The molecule has 0 aromatic heterocycles. The molecule has 4 heteroatoms. The molecule has 0 bridgehead atoms. The van der Waals surface area contributed by atoms with E-state index < -0.39 is 6.04 Å². The number of rotatable bonds is 4. The molecule has 0 spiro atoms. The fourth-order valence-electron chi connectivity index (χ4n) is 2.80. The van der Waals surface area contributed by atoms with Gasteiger partial charge in [-0.1, -0.05) is 51.1 Å². The molecule has 22 heavy (non-hydrogen) atoms. The SMILES string of the molecule is CC(C)(C)[C@H](N)C(=O)NCC1CCCOC1c1ccccc1. The number of ether oxygens (including phenoxy) is 1. The Labute approximate surface area is 133 Å². The van der Waals surface area contributed by atoms with Gasteiger partial charge in [0, 0.05) is 19.1 Å². The molecular weight excluding hydrogens is 276 g/mol. The van der Waals surface area contributed by atoms with Crippen molar-refractivity contribution in [1.82, 2.24) is 5.32 Å². The number of benzene rings is 1. The minimum Gasteiger partial charge on any atom is -0.373 e. The third-order valence-corrected chi connectivity index (χ3v) is 4.33. The predicted octanol–water partition coefficient (Wildman–Crippen LogP) is 2.64. The van der Waals surface area contributed by atoms with Crippen LogP contribution in [-0.2, 0) is 9.53 Å². The van der Waals surface area contributed by atoms with Crippen molar-refractivity contribution in [1.29, 1.82) is 0 Å². The van der Waals surface area contributed by atoms with Gasteiger partial charge in [0.25, 0.3) is 0 Å². The fraction of sp³-hybridized carbons (Fsp3) is 0.611. The summed E-state index contributed by atoms with van der Waals surface area (Å²) in [5.41, 5.74) is 6.96. The lowest BCUT2D eigenvalue weighted by atomic mass is 9.86. The first-order valence-electron chi connectivity index (χ1n) is 8.09. The van der Waals surface area contributed by atoms with Crippen LogP contribution in [0.2, 0.25) is 0 Å². The summed E-state index contributed by atoms with van der Waals surface area (Å²) in [6.07, 6.45) is 2.15. The third kappa shape index (κ3) is 4.31. The molecule has 0 saturated carbocycles. The van der Waals surface area contributed by atoms with E-state index in [0.29, 0.717) is 12.5 Å². The summed E-state index contributed by atoms with van der Waals surface area (Å²) in [6.45, 7) is 7.34. The van der Waals surface area contributed by atoms with Crippen molar-refractivity contribution < 1.29 is 9.53 Å². The summed E-state index contributed by atoms with van der Waals surface area (Å²) in [6, 6.07) is 9.74. The second-order valence-corrected chi connectivity index (χ2v) is 7.19. The Balaban J connectivity index is 1.97. The molecule has 2 unspecified atom stereocenters. The summed E-state index contributed by atoms with van der Waals surface area (Å²) >= 11 is 0. The van der Waals surface area contributed by atoms with E-state index in [0.717, 1.165) is 19.4 Å². The van der Waals surface area contributed by atoms with E-state index in [9.17, 15) is 4.79 Å². The summed E-state index contributed by atoms with van der Waals surface area (Å²) in [4.78, 5) is 12.2. The Morgan fingerprint density at radius 3 is 2.68 bits per heavy atom. The van der Waals surface area contributed by atoms with Crippen molar-refractivity contribution >= 4 is 5.91 Å². The zero-order valence-corrected chi connectivity index (χ0v) is 13.8. The number of hydrogen-bond acceptors (Lipinski definition) is 3. The van der Waals surface area contributed by atoms with Crippen LogP contribution in [0.3, 0.4) is 0 Å². The number of nitrogens with one attached hydrogen (secondary N) is 1. The number of amides is 1. The highest BCUT2D eigenvalue weighted by Gasteiger charge is 2.31. The Morgan fingerprint density at radius 1 is 1.36 bits per heavy atom. The van der Waals surface area contributed by atoms with Crippen LogP contribution in [0, 0.1) is 11.3 Å². The van der Waals surface area contributed by atoms with Gasteiger partial charge in [-0.25, -0.2) is 0 Å². The molecule has 0 aliphatic carbocycles. The van der Waals surface area contributed by atoms with Crippen molar-refractivity contribution in [3.05, 3.63) is 35.9 Å². The highest BCUT2D eigenvalue weighted by molar-refractivity contribution is 5.82. The Kier molecular flexibility index (Phi) is 5.59. The maximum absolute atomic E-state index is 12.2. The molecule has 0 radical (unpaired) electrons. The molecule has 2 rings (SSSR count). The maximum Gasteiger partial charge on any atom is 0.237 e. The molecule has 3 N–H and O–H groups in total. The van der Waals surface area contributed by atoms with Gasteiger partial charge in [-0.15, -0.1) is 0 Å². The molecule has 1 amide bonds. The molecule has 1 saturated heterocycles. The molecule has 1 heterocycles. The Morgan fingerprint density at radius 2 is 2.05 bits per heavy atom. The Bertz CT molecular complexity index is 482. The average Bonchev–Trinajstić information content (AvgIpc) is 2.52. The number of hydrogen-bond donors (Lipinski definition) is 2. The van der Waals surface area contributed by atoms with E-state index in [2.05, 4.69) is 17.4 Å². The smallest absolute Gasteiger partial charge is 0.237 e. The minimum absolute atomic E-state index is 0.0566. The van der Waals surface area contributed by atoms with Gasteiger partial charge in [0.2, 0.25) is 5.91 Å². The molecule has 1 aliphatic rings. The van der Waals surface area contributed by atoms with E-state index >= 15 is 0 Å². The monoisotopic (exact) mass is 304 g/mol. The number of nitrogens with two attached hydrogens (primary N) is 1. The summed E-state index contributed by atoms with van der Waals surface area (Å²) in [5.74, 6) is 0.220. The van der Waals surface area contributed by atoms with Gasteiger partial charge in [-0.05, 0) is 23.8 Å². The van der Waals surface area contributed by atoms with E-state index in [1.807, 2.05) is 39.0 Å². The van der Waals surface area contributed by atoms with Crippen LogP contribution < -0.4 is 11.1 Å². The van der Waals surface area contributed by atoms with Crippen molar-refractivity contribution in [2.24, 2.45) is 17.1 Å². The largest absolute Gasteiger partial charge is 0.373 e. The lowest BCUT2D eigenvalue weighted by molar-refractivity contribution is -0.125. The Hall–Kier alpha value is -1.39. The summed E-state index contributed by atoms with van der Waals surface area (Å²) in [5, 5.41) is 3.01. The molecule has 3 atom stereocenters.